The zero-order valence-electron chi connectivity index (χ0n) is 13.5. The van der Waals surface area contributed by atoms with Gasteiger partial charge in [-0.25, -0.2) is 4.79 Å². The van der Waals surface area contributed by atoms with Gasteiger partial charge in [-0.3, -0.25) is 4.79 Å². The topological polar surface area (TPSA) is 107 Å². The molecule has 0 bridgehead atoms. The third-order valence-corrected chi connectivity index (χ3v) is 4.26. The molecule has 4 N–H and O–H groups in total. The van der Waals surface area contributed by atoms with Crippen molar-refractivity contribution in [1.29, 1.82) is 0 Å². The van der Waals surface area contributed by atoms with E-state index < -0.39 is 11.8 Å². The molecule has 0 saturated heterocycles. The minimum atomic E-state index is -1.19. The van der Waals surface area contributed by atoms with Crippen molar-refractivity contribution in [2.24, 2.45) is 0 Å². The van der Waals surface area contributed by atoms with Crippen LogP contribution in [0.3, 0.4) is 0 Å². The van der Waals surface area contributed by atoms with Gasteiger partial charge in [0.05, 0.1) is 5.69 Å². The summed E-state index contributed by atoms with van der Waals surface area (Å²) in [6.45, 7) is 1.89. The first-order chi connectivity index (χ1) is 11.9. The van der Waals surface area contributed by atoms with Gasteiger partial charge in [0.15, 0.2) is 11.5 Å². The predicted octanol–water partition coefficient (Wildman–Crippen LogP) is 3.19. The van der Waals surface area contributed by atoms with Crippen LogP contribution in [-0.4, -0.2) is 33.1 Å². The van der Waals surface area contributed by atoms with Gasteiger partial charge in [0.25, 0.3) is 0 Å². The van der Waals surface area contributed by atoms with Gasteiger partial charge in [0.2, 0.25) is 5.78 Å². The van der Waals surface area contributed by atoms with E-state index in [2.05, 4.69) is 5.32 Å². The lowest BCUT2D eigenvalue weighted by Gasteiger charge is -2.24. The number of benzene rings is 1. The molecule has 1 aromatic carbocycles. The Balaban J connectivity index is 1.84. The number of hydrogen-bond donors (Lipinski definition) is 4. The molecule has 0 saturated carbocycles. The van der Waals surface area contributed by atoms with Crippen LogP contribution in [0.4, 0.5) is 5.69 Å². The van der Waals surface area contributed by atoms with Crippen LogP contribution < -0.4 is 5.32 Å². The number of fused-ring (bicyclic) bond motifs is 1. The van der Waals surface area contributed by atoms with Crippen LogP contribution in [0.2, 0.25) is 0 Å². The highest BCUT2D eigenvalue weighted by molar-refractivity contribution is 6.04. The summed E-state index contributed by atoms with van der Waals surface area (Å²) >= 11 is 0. The highest BCUT2D eigenvalue weighted by Gasteiger charge is 2.21. The largest absolute Gasteiger partial charge is 0.505 e. The molecule has 1 aromatic rings. The van der Waals surface area contributed by atoms with Gasteiger partial charge in [-0.2, -0.15) is 0 Å². The molecule has 2 aliphatic rings. The summed E-state index contributed by atoms with van der Waals surface area (Å²) in [5.74, 6) is -2.19. The Morgan fingerprint density at radius 3 is 2.64 bits per heavy atom. The van der Waals surface area contributed by atoms with Crippen LogP contribution in [0.15, 0.2) is 53.3 Å². The zero-order chi connectivity index (χ0) is 18.1. The SMILES string of the molecule is C/C(CC1C=Cc2ccc(C(=O)O)c(O)c2N1)=C1/C=CC(=O)C(O)=C1. The van der Waals surface area contributed by atoms with E-state index in [1.165, 1.54) is 18.2 Å². The second-order valence-electron chi connectivity index (χ2n) is 6.01. The number of anilines is 1. The van der Waals surface area contributed by atoms with Gasteiger partial charge >= 0.3 is 5.97 Å². The Morgan fingerprint density at radius 1 is 1.20 bits per heavy atom. The lowest BCUT2D eigenvalue weighted by atomic mass is 9.94. The van der Waals surface area contributed by atoms with E-state index in [4.69, 9.17) is 5.11 Å². The number of phenols is 1. The Kier molecular flexibility index (Phi) is 4.19. The van der Waals surface area contributed by atoms with Crippen molar-refractivity contribution in [3.63, 3.8) is 0 Å². The van der Waals surface area contributed by atoms with Crippen LogP contribution in [0.25, 0.3) is 6.08 Å². The number of carbonyl (C=O) groups is 2. The van der Waals surface area contributed by atoms with Crippen molar-refractivity contribution in [2.75, 3.05) is 5.32 Å². The number of aromatic carboxylic acids is 1. The summed E-state index contributed by atoms with van der Waals surface area (Å²) in [5.41, 5.74) is 2.64. The fraction of sp³-hybridized carbons (Fsp3) is 0.158. The normalized spacial score (nSPS) is 20.6. The van der Waals surface area contributed by atoms with E-state index in [-0.39, 0.29) is 23.1 Å². The number of aliphatic hydroxyl groups is 1. The maximum Gasteiger partial charge on any atom is 0.339 e. The number of allylic oxidation sites excluding steroid dienone is 4. The lowest BCUT2D eigenvalue weighted by molar-refractivity contribution is -0.113. The molecule has 128 valence electrons. The molecule has 3 rings (SSSR count). The first-order valence-electron chi connectivity index (χ1n) is 7.73. The van der Waals surface area contributed by atoms with Gasteiger partial charge < -0.3 is 20.6 Å². The molecule has 6 heteroatoms. The number of carbonyl (C=O) groups excluding carboxylic acids is 1. The van der Waals surface area contributed by atoms with E-state index in [0.717, 1.165) is 11.1 Å². The molecule has 0 fully saturated rings. The highest BCUT2D eigenvalue weighted by atomic mass is 16.4. The van der Waals surface area contributed by atoms with Gasteiger partial charge in [-0.05, 0) is 37.1 Å². The van der Waals surface area contributed by atoms with Crippen molar-refractivity contribution in [2.45, 2.75) is 19.4 Å². The maximum absolute atomic E-state index is 11.3. The lowest BCUT2D eigenvalue weighted by Crippen LogP contribution is -2.21. The summed E-state index contributed by atoms with van der Waals surface area (Å²) in [6.07, 6.45) is 8.71. The summed E-state index contributed by atoms with van der Waals surface area (Å²) in [6, 6.07) is 2.85. The Bertz CT molecular complexity index is 889. The highest BCUT2D eigenvalue weighted by Crippen LogP contribution is 2.36. The molecule has 1 heterocycles. The molecule has 0 spiro atoms. The average molecular weight is 339 g/mol. The average Bonchev–Trinajstić information content (AvgIpc) is 2.57. The molecule has 1 atom stereocenters. The molecule has 0 amide bonds. The van der Waals surface area contributed by atoms with Gasteiger partial charge in [0, 0.05) is 11.6 Å². The van der Waals surface area contributed by atoms with Gasteiger partial charge in [-0.15, -0.1) is 0 Å². The van der Waals surface area contributed by atoms with Crippen molar-refractivity contribution >= 4 is 23.5 Å². The monoisotopic (exact) mass is 339 g/mol. The third kappa shape index (κ3) is 3.19. The molecular weight excluding hydrogens is 322 g/mol. The van der Waals surface area contributed by atoms with Crippen molar-refractivity contribution in [3.05, 3.63) is 64.5 Å². The molecule has 0 radical (unpaired) electrons. The Labute approximate surface area is 144 Å². The number of nitrogens with one attached hydrogen (secondary N) is 1. The Hall–Kier alpha value is -3.28. The third-order valence-electron chi connectivity index (χ3n) is 4.26. The van der Waals surface area contributed by atoms with Crippen molar-refractivity contribution in [1.82, 2.24) is 0 Å². The van der Waals surface area contributed by atoms with Crippen molar-refractivity contribution in [3.8, 4) is 5.75 Å². The van der Waals surface area contributed by atoms with E-state index in [1.54, 1.807) is 12.1 Å². The quantitative estimate of drug-likeness (QED) is 0.630. The maximum atomic E-state index is 11.3. The summed E-state index contributed by atoms with van der Waals surface area (Å²) in [7, 11) is 0. The molecule has 25 heavy (non-hydrogen) atoms. The molecule has 1 unspecified atom stereocenters. The Morgan fingerprint density at radius 2 is 1.96 bits per heavy atom. The van der Waals surface area contributed by atoms with Crippen molar-refractivity contribution < 1.29 is 24.9 Å². The van der Waals surface area contributed by atoms with Gasteiger partial charge in [0.1, 0.15) is 5.56 Å². The number of aromatic hydroxyl groups is 1. The van der Waals surface area contributed by atoms with E-state index in [0.29, 0.717) is 17.7 Å². The van der Waals surface area contributed by atoms with E-state index in [1.807, 2.05) is 19.1 Å². The van der Waals surface area contributed by atoms with Crippen LogP contribution in [0.5, 0.6) is 5.75 Å². The number of carboxylic acids is 1. The van der Waals surface area contributed by atoms with Crippen LogP contribution in [0, 0.1) is 0 Å². The fourth-order valence-corrected chi connectivity index (χ4v) is 2.87. The number of hydrogen-bond acceptors (Lipinski definition) is 5. The first kappa shape index (κ1) is 16.6. The molecule has 6 nitrogen and oxygen atoms in total. The minimum absolute atomic E-state index is 0.156. The second kappa shape index (κ2) is 6.32. The number of ketones is 1. The number of carboxylic acid groups (broad SMARTS) is 1. The predicted molar refractivity (Wildman–Crippen MR) is 93.7 cm³/mol. The first-order valence-corrected chi connectivity index (χ1v) is 7.73. The van der Waals surface area contributed by atoms with E-state index >= 15 is 0 Å². The fourth-order valence-electron chi connectivity index (χ4n) is 2.87. The molecule has 1 aliphatic carbocycles. The molecular formula is C19H17NO5. The van der Waals surface area contributed by atoms with Gasteiger partial charge in [-0.1, -0.05) is 29.9 Å². The minimum Gasteiger partial charge on any atom is -0.505 e. The zero-order valence-corrected chi connectivity index (χ0v) is 13.5. The summed E-state index contributed by atoms with van der Waals surface area (Å²) in [5, 5.41) is 32.0. The van der Waals surface area contributed by atoms with Crippen LogP contribution in [-0.2, 0) is 4.79 Å². The summed E-state index contributed by atoms with van der Waals surface area (Å²) in [4.78, 5) is 22.4. The second-order valence-corrected chi connectivity index (χ2v) is 6.01. The molecule has 1 aliphatic heterocycles. The standard InChI is InChI=1S/C19H17NO5/c1-10(12-4-7-15(21)16(22)9-12)8-13-5-2-11-3-6-14(19(24)25)18(23)17(11)20-13/h2-7,9,13,20,22-23H,8H2,1H3,(H,24,25)/b12-10+. The molecule has 0 aromatic heterocycles. The van der Waals surface area contributed by atoms with Crippen LogP contribution >= 0.6 is 0 Å². The van der Waals surface area contributed by atoms with E-state index in [9.17, 15) is 19.8 Å². The van der Waals surface area contributed by atoms with Crippen LogP contribution in [0.1, 0.15) is 29.3 Å². The smallest absolute Gasteiger partial charge is 0.339 e. The number of aliphatic hydroxyl groups excluding tert-OH is 1. The number of rotatable bonds is 3. The summed E-state index contributed by atoms with van der Waals surface area (Å²) < 4.78 is 0.